The van der Waals surface area contributed by atoms with Crippen LogP contribution in [-0.2, 0) is 6.42 Å². The van der Waals surface area contributed by atoms with Gasteiger partial charge < -0.3 is 10.5 Å². The molecular weight excluding hydrogens is 226 g/mol. The second-order valence-electron chi connectivity index (χ2n) is 5.76. The first-order valence-electron chi connectivity index (χ1n) is 6.86. The lowest BCUT2D eigenvalue weighted by Crippen LogP contribution is -2.35. The third-order valence-electron chi connectivity index (χ3n) is 4.70. The fourth-order valence-corrected chi connectivity index (χ4v) is 3.81. The summed E-state index contributed by atoms with van der Waals surface area (Å²) in [5.41, 5.74) is 7.39. The topological polar surface area (TPSA) is 61.0 Å². The minimum atomic E-state index is 0.236. The molecule has 4 unspecified atom stereocenters. The van der Waals surface area contributed by atoms with E-state index in [9.17, 15) is 0 Å². The SMILES string of the molecule is COc1cc(CC(N)C2CC3CCC2C3)ncn1. The normalized spacial score (nSPS) is 31.6. The number of rotatable bonds is 4. The smallest absolute Gasteiger partial charge is 0.216 e. The molecule has 1 aromatic heterocycles. The van der Waals surface area contributed by atoms with Crippen molar-refractivity contribution in [3.05, 3.63) is 18.1 Å². The minimum absolute atomic E-state index is 0.236. The van der Waals surface area contributed by atoms with E-state index in [-0.39, 0.29) is 6.04 Å². The largest absolute Gasteiger partial charge is 0.481 e. The molecule has 0 amide bonds. The summed E-state index contributed by atoms with van der Waals surface area (Å²) < 4.78 is 5.12. The lowest BCUT2D eigenvalue weighted by atomic mass is 9.82. The molecule has 98 valence electrons. The summed E-state index contributed by atoms with van der Waals surface area (Å²) in [7, 11) is 1.63. The molecule has 0 saturated heterocycles. The van der Waals surface area contributed by atoms with Gasteiger partial charge in [-0.3, -0.25) is 0 Å². The van der Waals surface area contributed by atoms with Gasteiger partial charge in [0.1, 0.15) is 6.33 Å². The van der Waals surface area contributed by atoms with Crippen LogP contribution in [0.5, 0.6) is 5.88 Å². The lowest BCUT2D eigenvalue weighted by Gasteiger charge is -2.27. The van der Waals surface area contributed by atoms with E-state index in [1.165, 1.54) is 25.7 Å². The zero-order valence-corrected chi connectivity index (χ0v) is 10.9. The van der Waals surface area contributed by atoms with Crippen molar-refractivity contribution in [3.63, 3.8) is 0 Å². The van der Waals surface area contributed by atoms with E-state index in [1.54, 1.807) is 13.4 Å². The number of ether oxygens (including phenoxy) is 1. The molecule has 4 heteroatoms. The van der Waals surface area contributed by atoms with E-state index in [0.717, 1.165) is 24.0 Å². The zero-order valence-electron chi connectivity index (χ0n) is 10.9. The van der Waals surface area contributed by atoms with Crippen molar-refractivity contribution in [2.45, 2.75) is 38.1 Å². The van der Waals surface area contributed by atoms with Crippen molar-refractivity contribution in [1.29, 1.82) is 0 Å². The van der Waals surface area contributed by atoms with E-state index in [4.69, 9.17) is 10.5 Å². The predicted molar refractivity (Wildman–Crippen MR) is 69.2 cm³/mol. The number of aromatic nitrogens is 2. The molecule has 0 spiro atoms. The molecular formula is C14H21N3O. The van der Waals surface area contributed by atoms with E-state index in [1.807, 2.05) is 6.07 Å². The monoisotopic (exact) mass is 247 g/mol. The number of methoxy groups -OCH3 is 1. The van der Waals surface area contributed by atoms with Gasteiger partial charge in [-0.25, -0.2) is 9.97 Å². The van der Waals surface area contributed by atoms with Crippen molar-refractivity contribution in [3.8, 4) is 5.88 Å². The van der Waals surface area contributed by atoms with Crippen LogP contribution in [0.1, 0.15) is 31.4 Å². The van der Waals surface area contributed by atoms with Crippen LogP contribution in [0.2, 0.25) is 0 Å². The molecule has 4 nitrogen and oxygen atoms in total. The van der Waals surface area contributed by atoms with Gasteiger partial charge in [0.2, 0.25) is 5.88 Å². The number of fused-ring (bicyclic) bond motifs is 2. The fourth-order valence-electron chi connectivity index (χ4n) is 3.81. The highest BCUT2D eigenvalue weighted by Gasteiger charge is 2.41. The van der Waals surface area contributed by atoms with Crippen LogP contribution in [0.3, 0.4) is 0 Å². The van der Waals surface area contributed by atoms with Gasteiger partial charge in [-0.05, 0) is 37.0 Å². The molecule has 3 rings (SSSR count). The third kappa shape index (κ3) is 2.21. The highest BCUT2D eigenvalue weighted by Crippen LogP contribution is 2.49. The van der Waals surface area contributed by atoms with Crippen LogP contribution >= 0.6 is 0 Å². The molecule has 2 bridgehead atoms. The second-order valence-corrected chi connectivity index (χ2v) is 5.76. The zero-order chi connectivity index (χ0) is 12.5. The van der Waals surface area contributed by atoms with Crippen molar-refractivity contribution in [1.82, 2.24) is 9.97 Å². The quantitative estimate of drug-likeness (QED) is 0.881. The van der Waals surface area contributed by atoms with Crippen LogP contribution < -0.4 is 10.5 Å². The van der Waals surface area contributed by atoms with E-state index >= 15 is 0 Å². The molecule has 2 aliphatic carbocycles. The lowest BCUT2D eigenvalue weighted by molar-refractivity contribution is 0.279. The predicted octanol–water partition coefficient (Wildman–Crippen LogP) is 1.79. The highest BCUT2D eigenvalue weighted by atomic mass is 16.5. The Morgan fingerprint density at radius 2 is 2.28 bits per heavy atom. The van der Waals surface area contributed by atoms with Crippen LogP contribution in [0.15, 0.2) is 12.4 Å². The molecule has 1 aromatic rings. The summed E-state index contributed by atoms with van der Waals surface area (Å²) in [4.78, 5) is 8.32. The Morgan fingerprint density at radius 3 is 2.94 bits per heavy atom. The van der Waals surface area contributed by atoms with Gasteiger partial charge in [-0.1, -0.05) is 6.42 Å². The first kappa shape index (κ1) is 11.9. The summed E-state index contributed by atoms with van der Waals surface area (Å²) in [6.45, 7) is 0. The van der Waals surface area contributed by atoms with E-state index in [2.05, 4.69) is 9.97 Å². The van der Waals surface area contributed by atoms with Gasteiger partial charge in [0.05, 0.1) is 7.11 Å². The Kier molecular flexibility index (Phi) is 3.20. The van der Waals surface area contributed by atoms with Gasteiger partial charge >= 0.3 is 0 Å². The van der Waals surface area contributed by atoms with Gasteiger partial charge in [0.25, 0.3) is 0 Å². The molecule has 2 aliphatic rings. The van der Waals surface area contributed by atoms with Crippen LogP contribution in [0.4, 0.5) is 0 Å². The summed E-state index contributed by atoms with van der Waals surface area (Å²) in [6, 6.07) is 2.13. The van der Waals surface area contributed by atoms with Crippen LogP contribution in [0, 0.1) is 17.8 Å². The number of hydrogen-bond donors (Lipinski definition) is 1. The third-order valence-corrected chi connectivity index (χ3v) is 4.70. The first-order chi connectivity index (χ1) is 8.76. The number of nitrogens with two attached hydrogens (primary N) is 1. The van der Waals surface area contributed by atoms with Crippen LogP contribution in [0.25, 0.3) is 0 Å². The molecule has 2 N–H and O–H groups in total. The van der Waals surface area contributed by atoms with Gasteiger partial charge in [-0.15, -0.1) is 0 Å². The average Bonchev–Trinajstić information content (AvgIpc) is 3.01. The standard InChI is InChI=1S/C14H21N3O/c1-18-14-7-11(16-8-17-14)6-13(15)12-5-9-2-3-10(12)4-9/h7-10,12-13H,2-6,15H2,1H3. The average molecular weight is 247 g/mol. The van der Waals surface area contributed by atoms with Gasteiger partial charge in [-0.2, -0.15) is 0 Å². The molecule has 18 heavy (non-hydrogen) atoms. The Balaban J connectivity index is 1.65. The highest BCUT2D eigenvalue weighted by molar-refractivity contribution is 5.14. The number of nitrogens with zero attached hydrogens (tertiary/aromatic N) is 2. The Hall–Kier alpha value is -1.16. The van der Waals surface area contributed by atoms with Crippen molar-refractivity contribution < 1.29 is 4.74 Å². The summed E-state index contributed by atoms with van der Waals surface area (Å²) in [5, 5.41) is 0. The maximum atomic E-state index is 6.39. The number of hydrogen-bond acceptors (Lipinski definition) is 4. The van der Waals surface area contributed by atoms with Crippen molar-refractivity contribution >= 4 is 0 Å². The molecule has 2 saturated carbocycles. The van der Waals surface area contributed by atoms with Crippen molar-refractivity contribution in [2.24, 2.45) is 23.5 Å². The molecule has 2 fully saturated rings. The molecule has 4 atom stereocenters. The summed E-state index contributed by atoms with van der Waals surface area (Å²) >= 11 is 0. The van der Waals surface area contributed by atoms with Gasteiger partial charge in [0, 0.05) is 24.2 Å². The Labute approximate surface area is 108 Å². The molecule has 0 aliphatic heterocycles. The fraction of sp³-hybridized carbons (Fsp3) is 0.714. The van der Waals surface area contributed by atoms with Crippen molar-refractivity contribution in [2.75, 3.05) is 7.11 Å². The summed E-state index contributed by atoms with van der Waals surface area (Å²) in [6.07, 6.45) is 7.94. The van der Waals surface area contributed by atoms with E-state index < -0.39 is 0 Å². The maximum Gasteiger partial charge on any atom is 0.216 e. The summed E-state index contributed by atoms with van der Waals surface area (Å²) in [5.74, 6) is 3.14. The first-order valence-corrected chi connectivity index (χ1v) is 6.86. The van der Waals surface area contributed by atoms with Crippen LogP contribution in [-0.4, -0.2) is 23.1 Å². The minimum Gasteiger partial charge on any atom is -0.481 e. The Morgan fingerprint density at radius 1 is 1.39 bits per heavy atom. The molecule has 0 aromatic carbocycles. The Bertz CT molecular complexity index is 423. The second kappa shape index (κ2) is 4.84. The van der Waals surface area contributed by atoms with E-state index in [0.29, 0.717) is 11.8 Å². The molecule has 1 heterocycles. The molecule has 0 radical (unpaired) electrons. The maximum absolute atomic E-state index is 6.39. The van der Waals surface area contributed by atoms with Gasteiger partial charge in [0.15, 0.2) is 0 Å².